The average molecular weight is 411 g/mol. The molecule has 0 aromatic heterocycles. The van der Waals surface area contributed by atoms with Crippen LogP contribution < -0.4 is 10.6 Å². The number of hydrogen-bond acceptors (Lipinski definition) is 2. The van der Waals surface area contributed by atoms with Crippen LogP contribution in [0.4, 0.5) is 0 Å². The Hall–Kier alpha value is -0.0400. The van der Waals surface area contributed by atoms with Gasteiger partial charge in [0, 0.05) is 33.4 Å². The Morgan fingerprint density at radius 2 is 1.90 bits per heavy atom. The molecule has 0 aromatic rings. The standard InChI is InChI=1S/C16H33N3O.HI/c1-4-6-12-18-15(17-3)19-14-16(9-7-8-10-16)11-13-20-5-2;/h4-14H2,1-3H3,(H2,17,18,19);1H. The molecule has 0 spiro atoms. The van der Waals surface area contributed by atoms with Crippen LogP contribution in [0.1, 0.15) is 58.8 Å². The van der Waals surface area contributed by atoms with E-state index in [0.29, 0.717) is 5.41 Å². The van der Waals surface area contributed by atoms with Crippen molar-refractivity contribution in [1.29, 1.82) is 0 Å². The molecule has 1 rings (SSSR count). The predicted octanol–water partition coefficient (Wildman–Crippen LogP) is 3.56. The molecule has 1 saturated carbocycles. The number of nitrogens with zero attached hydrogens (tertiary/aromatic N) is 1. The lowest BCUT2D eigenvalue weighted by atomic mass is 9.83. The Morgan fingerprint density at radius 1 is 1.19 bits per heavy atom. The molecular formula is C16H34IN3O. The molecule has 1 aliphatic rings. The third-order valence-corrected chi connectivity index (χ3v) is 4.32. The summed E-state index contributed by atoms with van der Waals surface area (Å²) in [5.41, 5.74) is 0.414. The Balaban J connectivity index is 0.00000400. The van der Waals surface area contributed by atoms with Gasteiger partial charge in [-0.15, -0.1) is 24.0 Å². The summed E-state index contributed by atoms with van der Waals surface area (Å²) in [6.45, 7) is 8.01. The van der Waals surface area contributed by atoms with Crippen molar-refractivity contribution in [2.45, 2.75) is 58.8 Å². The van der Waals surface area contributed by atoms with Crippen LogP contribution in [-0.4, -0.2) is 39.3 Å². The second kappa shape index (κ2) is 12.5. The zero-order valence-corrected chi connectivity index (χ0v) is 16.4. The van der Waals surface area contributed by atoms with Crippen molar-refractivity contribution < 1.29 is 4.74 Å². The number of unbranched alkanes of at least 4 members (excludes halogenated alkanes) is 1. The van der Waals surface area contributed by atoms with Crippen molar-refractivity contribution in [1.82, 2.24) is 10.6 Å². The van der Waals surface area contributed by atoms with Gasteiger partial charge in [0.2, 0.25) is 0 Å². The number of nitrogens with one attached hydrogen (secondary N) is 2. The smallest absolute Gasteiger partial charge is 0.190 e. The molecule has 5 heteroatoms. The van der Waals surface area contributed by atoms with Crippen molar-refractivity contribution in [3.8, 4) is 0 Å². The second-order valence-corrected chi connectivity index (χ2v) is 5.86. The van der Waals surface area contributed by atoms with Crippen LogP contribution in [0.5, 0.6) is 0 Å². The van der Waals surface area contributed by atoms with Gasteiger partial charge >= 0.3 is 0 Å². The molecule has 4 nitrogen and oxygen atoms in total. The van der Waals surface area contributed by atoms with E-state index in [1.165, 1.54) is 44.9 Å². The first-order chi connectivity index (χ1) is 9.76. The summed E-state index contributed by atoms with van der Waals surface area (Å²) in [4.78, 5) is 4.31. The van der Waals surface area contributed by atoms with Crippen LogP contribution in [0, 0.1) is 5.41 Å². The molecule has 0 aliphatic heterocycles. The van der Waals surface area contributed by atoms with Crippen molar-refractivity contribution in [3.63, 3.8) is 0 Å². The van der Waals surface area contributed by atoms with E-state index < -0.39 is 0 Å². The molecule has 0 aromatic carbocycles. The van der Waals surface area contributed by atoms with Gasteiger partial charge in [-0.2, -0.15) is 0 Å². The number of rotatable bonds is 9. The maximum atomic E-state index is 5.56. The predicted molar refractivity (Wildman–Crippen MR) is 102 cm³/mol. The van der Waals surface area contributed by atoms with Gasteiger partial charge in [-0.25, -0.2) is 0 Å². The van der Waals surface area contributed by atoms with Crippen LogP contribution in [0.3, 0.4) is 0 Å². The minimum absolute atomic E-state index is 0. The van der Waals surface area contributed by atoms with Gasteiger partial charge in [-0.3, -0.25) is 4.99 Å². The summed E-state index contributed by atoms with van der Waals surface area (Å²) in [6.07, 6.45) is 8.92. The molecule has 0 unspecified atom stereocenters. The molecule has 0 atom stereocenters. The van der Waals surface area contributed by atoms with E-state index in [0.717, 1.165) is 32.3 Å². The lowest BCUT2D eigenvalue weighted by Gasteiger charge is -2.30. The Labute approximate surface area is 147 Å². The molecule has 0 heterocycles. The monoisotopic (exact) mass is 411 g/mol. The molecule has 0 radical (unpaired) electrons. The number of aliphatic imine (C=N–C) groups is 1. The molecule has 126 valence electrons. The Kier molecular flexibility index (Phi) is 12.5. The summed E-state index contributed by atoms with van der Waals surface area (Å²) in [5, 5.41) is 6.91. The minimum Gasteiger partial charge on any atom is -0.382 e. The van der Waals surface area contributed by atoms with Gasteiger partial charge in [0.1, 0.15) is 0 Å². The fourth-order valence-corrected chi connectivity index (χ4v) is 2.95. The van der Waals surface area contributed by atoms with Crippen LogP contribution in [0.15, 0.2) is 4.99 Å². The molecule has 0 amide bonds. The average Bonchev–Trinajstić information content (AvgIpc) is 2.92. The van der Waals surface area contributed by atoms with Crippen LogP contribution >= 0.6 is 24.0 Å². The summed E-state index contributed by atoms with van der Waals surface area (Å²) in [7, 11) is 1.85. The SMILES string of the molecule is CCCCNC(=NC)NCC1(CCOCC)CCCC1.I. The largest absolute Gasteiger partial charge is 0.382 e. The number of guanidine groups is 1. The zero-order valence-electron chi connectivity index (χ0n) is 14.0. The normalized spacial score (nSPS) is 17.4. The summed E-state index contributed by atoms with van der Waals surface area (Å²) in [5.74, 6) is 0.945. The van der Waals surface area contributed by atoms with E-state index in [1.54, 1.807) is 0 Å². The molecule has 0 bridgehead atoms. The third-order valence-electron chi connectivity index (χ3n) is 4.32. The number of halogens is 1. The molecular weight excluding hydrogens is 377 g/mol. The van der Waals surface area contributed by atoms with Gasteiger partial charge in [-0.1, -0.05) is 26.2 Å². The fourth-order valence-electron chi connectivity index (χ4n) is 2.95. The third kappa shape index (κ3) is 8.24. The van der Waals surface area contributed by atoms with Gasteiger partial charge in [0.15, 0.2) is 5.96 Å². The molecule has 1 aliphatic carbocycles. The van der Waals surface area contributed by atoms with E-state index in [-0.39, 0.29) is 24.0 Å². The first kappa shape index (κ1) is 21.0. The number of hydrogen-bond donors (Lipinski definition) is 2. The number of ether oxygens (including phenoxy) is 1. The maximum Gasteiger partial charge on any atom is 0.190 e. The van der Waals surface area contributed by atoms with Crippen molar-refractivity contribution in [2.75, 3.05) is 33.4 Å². The van der Waals surface area contributed by atoms with E-state index in [9.17, 15) is 0 Å². The van der Waals surface area contributed by atoms with E-state index in [4.69, 9.17) is 4.74 Å². The summed E-state index contributed by atoms with van der Waals surface area (Å²) < 4.78 is 5.56. The second-order valence-electron chi connectivity index (χ2n) is 5.86. The Bertz CT molecular complexity index is 279. The maximum absolute atomic E-state index is 5.56. The van der Waals surface area contributed by atoms with Crippen molar-refractivity contribution in [2.24, 2.45) is 10.4 Å². The summed E-state index contributed by atoms with van der Waals surface area (Å²) >= 11 is 0. The molecule has 21 heavy (non-hydrogen) atoms. The van der Waals surface area contributed by atoms with Crippen molar-refractivity contribution >= 4 is 29.9 Å². The van der Waals surface area contributed by atoms with Crippen LogP contribution in [0.2, 0.25) is 0 Å². The van der Waals surface area contributed by atoms with Crippen LogP contribution in [-0.2, 0) is 4.74 Å². The zero-order chi connectivity index (χ0) is 14.7. The highest BCUT2D eigenvalue weighted by molar-refractivity contribution is 14.0. The van der Waals surface area contributed by atoms with Gasteiger partial charge in [-0.05, 0) is 38.0 Å². The lowest BCUT2D eigenvalue weighted by Crippen LogP contribution is -2.43. The quantitative estimate of drug-likeness (QED) is 0.264. The van der Waals surface area contributed by atoms with E-state index in [2.05, 4.69) is 29.5 Å². The fraction of sp³-hybridized carbons (Fsp3) is 0.938. The highest BCUT2D eigenvalue weighted by Crippen LogP contribution is 2.40. The highest BCUT2D eigenvalue weighted by Gasteiger charge is 2.33. The van der Waals surface area contributed by atoms with E-state index in [1.807, 2.05) is 7.05 Å². The van der Waals surface area contributed by atoms with Gasteiger partial charge in [0.25, 0.3) is 0 Å². The minimum atomic E-state index is 0. The first-order valence-electron chi connectivity index (χ1n) is 8.28. The van der Waals surface area contributed by atoms with Crippen molar-refractivity contribution in [3.05, 3.63) is 0 Å². The Morgan fingerprint density at radius 3 is 2.48 bits per heavy atom. The van der Waals surface area contributed by atoms with Gasteiger partial charge < -0.3 is 15.4 Å². The highest BCUT2D eigenvalue weighted by atomic mass is 127. The van der Waals surface area contributed by atoms with Crippen LogP contribution in [0.25, 0.3) is 0 Å². The first-order valence-corrected chi connectivity index (χ1v) is 8.28. The lowest BCUT2D eigenvalue weighted by molar-refractivity contribution is 0.105. The topological polar surface area (TPSA) is 45.7 Å². The summed E-state index contributed by atoms with van der Waals surface area (Å²) in [6, 6.07) is 0. The molecule has 0 saturated heterocycles. The van der Waals surface area contributed by atoms with E-state index >= 15 is 0 Å². The molecule has 1 fully saturated rings. The molecule has 2 N–H and O–H groups in total. The van der Waals surface area contributed by atoms with Gasteiger partial charge in [0.05, 0.1) is 0 Å².